The second-order valence-corrected chi connectivity index (χ2v) is 6.42. The third kappa shape index (κ3) is 3.61. The van der Waals surface area contributed by atoms with Crippen molar-refractivity contribution in [1.29, 1.82) is 0 Å². The van der Waals surface area contributed by atoms with Crippen LogP contribution in [0.2, 0.25) is 5.02 Å². The van der Waals surface area contributed by atoms with Crippen molar-refractivity contribution in [2.45, 2.75) is 31.8 Å². The van der Waals surface area contributed by atoms with Crippen molar-refractivity contribution in [2.24, 2.45) is 5.73 Å². The molecule has 128 valence electrons. The SMILES string of the molecule is Cc1nc(CNC(=O)C2(N)CCOCC2)oc1-c1ccc(Cl)cc1. The van der Waals surface area contributed by atoms with Gasteiger partial charge in [0.2, 0.25) is 11.8 Å². The summed E-state index contributed by atoms with van der Waals surface area (Å²) in [7, 11) is 0. The summed E-state index contributed by atoms with van der Waals surface area (Å²) in [6.07, 6.45) is 1.03. The van der Waals surface area contributed by atoms with Crippen LogP contribution in [-0.2, 0) is 16.1 Å². The van der Waals surface area contributed by atoms with Gasteiger partial charge >= 0.3 is 0 Å². The standard InChI is InChI=1S/C17H20ClN3O3/c1-11-15(12-2-4-13(18)5-3-12)24-14(21-11)10-20-16(22)17(19)6-8-23-9-7-17/h2-5H,6-10,19H2,1H3,(H,20,22). The number of rotatable bonds is 4. The van der Waals surface area contributed by atoms with Gasteiger partial charge in [0.1, 0.15) is 0 Å². The van der Waals surface area contributed by atoms with E-state index in [1.807, 2.05) is 19.1 Å². The maximum Gasteiger partial charge on any atom is 0.240 e. The predicted molar refractivity (Wildman–Crippen MR) is 90.5 cm³/mol. The summed E-state index contributed by atoms with van der Waals surface area (Å²) in [6, 6.07) is 7.33. The zero-order valence-electron chi connectivity index (χ0n) is 13.5. The lowest BCUT2D eigenvalue weighted by Gasteiger charge is -2.31. The van der Waals surface area contributed by atoms with Gasteiger partial charge in [-0.25, -0.2) is 4.98 Å². The van der Waals surface area contributed by atoms with Gasteiger partial charge in [0, 0.05) is 23.8 Å². The van der Waals surface area contributed by atoms with Gasteiger partial charge in [-0.05, 0) is 44.0 Å². The molecule has 7 heteroatoms. The van der Waals surface area contributed by atoms with Gasteiger partial charge in [0.15, 0.2) is 5.76 Å². The van der Waals surface area contributed by atoms with Crippen LogP contribution in [-0.4, -0.2) is 29.6 Å². The van der Waals surface area contributed by atoms with Crippen LogP contribution in [0.25, 0.3) is 11.3 Å². The monoisotopic (exact) mass is 349 g/mol. The van der Waals surface area contributed by atoms with Crippen molar-refractivity contribution in [3.63, 3.8) is 0 Å². The summed E-state index contributed by atoms with van der Waals surface area (Å²) in [6.45, 7) is 3.07. The first kappa shape index (κ1) is 17.0. The van der Waals surface area contributed by atoms with Gasteiger partial charge in [-0.2, -0.15) is 0 Å². The number of benzene rings is 1. The van der Waals surface area contributed by atoms with Gasteiger partial charge in [-0.1, -0.05) is 11.6 Å². The molecule has 1 aliphatic rings. The molecule has 1 saturated heterocycles. The Morgan fingerprint density at radius 3 is 2.67 bits per heavy atom. The van der Waals surface area contributed by atoms with Crippen LogP contribution in [0.4, 0.5) is 0 Å². The Hall–Kier alpha value is -1.89. The maximum absolute atomic E-state index is 12.3. The summed E-state index contributed by atoms with van der Waals surface area (Å²) in [4.78, 5) is 16.7. The molecule has 0 aliphatic carbocycles. The van der Waals surface area contributed by atoms with Crippen molar-refractivity contribution in [3.05, 3.63) is 40.9 Å². The lowest BCUT2D eigenvalue weighted by molar-refractivity contribution is -0.130. The summed E-state index contributed by atoms with van der Waals surface area (Å²) < 4.78 is 11.0. The van der Waals surface area contributed by atoms with E-state index in [0.29, 0.717) is 42.7 Å². The molecule has 24 heavy (non-hydrogen) atoms. The lowest BCUT2D eigenvalue weighted by atomic mass is 9.90. The molecule has 3 rings (SSSR count). The minimum Gasteiger partial charge on any atom is -0.438 e. The molecule has 0 atom stereocenters. The normalized spacial score (nSPS) is 16.8. The molecule has 2 aromatic rings. The molecular formula is C17H20ClN3O3. The number of ether oxygens (including phenoxy) is 1. The minimum absolute atomic E-state index is 0.199. The van der Waals surface area contributed by atoms with Crippen LogP contribution in [0.1, 0.15) is 24.4 Å². The summed E-state index contributed by atoms with van der Waals surface area (Å²) in [5, 5.41) is 3.47. The molecule has 1 aromatic heterocycles. The number of nitrogens with one attached hydrogen (secondary N) is 1. The van der Waals surface area contributed by atoms with E-state index in [-0.39, 0.29) is 12.5 Å². The summed E-state index contributed by atoms with van der Waals surface area (Å²) in [5.41, 5.74) is 6.93. The Morgan fingerprint density at radius 2 is 2.00 bits per heavy atom. The second-order valence-electron chi connectivity index (χ2n) is 5.98. The third-order valence-electron chi connectivity index (χ3n) is 4.18. The summed E-state index contributed by atoms with van der Waals surface area (Å²) in [5.74, 6) is 0.917. The topological polar surface area (TPSA) is 90.4 Å². The Kier molecular flexibility index (Phi) is 4.89. The second kappa shape index (κ2) is 6.93. The van der Waals surface area contributed by atoms with Crippen molar-refractivity contribution < 1.29 is 13.9 Å². The molecule has 0 bridgehead atoms. The number of carbonyl (C=O) groups is 1. The molecule has 0 saturated carbocycles. The van der Waals surface area contributed by atoms with Crippen molar-refractivity contribution in [3.8, 4) is 11.3 Å². The van der Waals surface area contributed by atoms with E-state index in [1.54, 1.807) is 12.1 Å². The highest BCUT2D eigenvalue weighted by atomic mass is 35.5. The number of halogens is 1. The molecule has 1 aliphatic heterocycles. The number of amides is 1. The van der Waals surface area contributed by atoms with E-state index < -0.39 is 5.54 Å². The molecule has 0 unspecified atom stereocenters. The first-order valence-corrected chi connectivity index (χ1v) is 8.23. The fourth-order valence-electron chi connectivity index (χ4n) is 2.69. The number of hydrogen-bond acceptors (Lipinski definition) is 5. The fourth-order valence-corrected chi connectivity index (χ4v) is 2.82. The number of aromatic nitrogens is 1. The van der Waals surface area contributed by atoms with E-state index in [1.165, 1.54) is 0 Å². The van der Waals surface area contributed by atoms with E-state index >= 15 is 0 Å². The summed E-state index contributed by atoms with van der Waals surface area (Å²) >= 11 is 5.90. The van der Waals surface area contributed by atoms with Gasteiger partial charge < -0.3 is 20.2 Å². The van der Waals surface area contributed by atoms with E-state index in [9.17, 15) is 4.79 Å². The Morgan fingerprint density at radius 1 is 1.33 bits per heavy atom. The van der Waals surface area contributed by atoms with Gasteiger partial charge in [0.05, 0.1) is 17.8 Å². The average molecular weight is 350 g/mol. The largest absolute Gasteiger partial charge is 0.438 e. The highest BCUT2D eigenvalue weighted by Crippen LogP contribution is 2.26. The highest BCUT2D eigenvalue weighted by molar-refractivity contribution is 6.30. The van der Waals surface area contributed by atoms with Crippen molar-refractivity contribution >= 4 is 17.5 Å². The fraction of sp³-hybridized carbons (Fsp3) is 0.412. The number of nitrogens with zero attached hydrogens (tertiary/aromatic N) is 1. The third-order valence-corrected chi connectivity index (χ3v) is 4.44. The zero-order chi connectivity index (χ0) is 17.2. The van der Waals surface area contributed by atoms with Crippen molar-refractivity contribution in [1.82, 2.24) is 10.3 Å². The van der Waals surface area contributed by atoms with Crippen LogP contribution in [0, 0.1) is 6.92 Å². The number of oxazole rings is 1. The number of nitrogens with two attached hydrogens (primary N) is 1. The molecule has 1 amide bonds. The van der Waals surface area contributed by atoms with Gasteiger partial charge in [0.25, 0.3) is 0 Å². The van der Waals surface area contributed by atoms with Crippen molar-refractivity contribution in [2.75, 3.05) is 13.2 Å². The number of aryl methyl sites for hydroxylation is 1. The molecule has 0 spiro atoms. The maximum atomic E-state index is 12.3. The number of hydrogen-bond donors (Lipinski definition) is 2. The van der Waals surface area contributed by atoms with E-state index in [4.69, 9.17) is 26.5 Å². The quantitative estimate of drug-likeness (QED) is 0.884. The highest BCUT2D eigenvalue weighted by Gasteiger charge is 2.35. The van der Waals surface area contributed by atoms with Gasteiger partial charge in [-0.15, -0.1) is 0 Å². The molecular weight excluding hydrogens is 330 g/mol. The smallest absolute Gasteiger partial charge is 0.240 e. The molecule has 1 fully saturated rings. The molecule has 2 heterocycles. The molecule has 3 N–H and O–H groups in total. The first-order valence-electron chi connectivity index (χ1n) is 7.85. The predicted octanol–water partition coefficient (Wildman–Crippen LogP) is 2.43. The molecule has 1 aromatic carbocycles. The molecule has 0 radical (unpaired) electrons. The van der Waals surface area contributed by atoms with Crippen LogP contribution in [0.15, 0.2) is 28.7 Å². The lowest BCUT2D eigenvalue weighted by Crippen LogP contribution is -2.56. The van der Waals surface area contributed by atoms with Gasteiger partial charge in [-0.3, -0.25) is 4.79 Å². The van der Waals surface area contributed by atoms with Crippen LogP contribution >= 0.6 is 11.6 Å². The first-order chi connectivity index (χ1) is 11.5. The average Bonchev–Trinajstić information content (AvgIpc) is 2.95. The zero-order valence-corrected chi connectivity index (χ0v) is 14.2. The Bertz CT molecular complexity index is 721. The Labute approximate surface area is 145 Å². The molecule has 6 nitrogen and oxygen atoms in total. The Balaban J connectivity index is 1.67. The van der Waals surface area contributed by atoms with E-state index in [2.05, 4.69) is 10.3 Å². The number of carbonyl (C=O) groups excluding carboxylic acids is 1. The van der Waals surface area contributed by atoms with E-state index in [0.717, 1.165) is 11.3 Å². The van der Waals surface area contributed by atoms with Crippen LogP contribution in [0.3, 0.4) is 0 Å². The van der Waals surface area contributed by atoms with Crippen LogP contribution < -0.4 is 11.1 Å². The van der Waals surface area contributed by atoms with Crippen LogP contribution in [0.5, 0.6) is 0 Å². The minimum atomic E-state index is -0.876.